The van der Waals surface area contributed by atoms with E-state index in [9.17, 15) is 9.18 Å². The van der Waals surface area contributed by atoms with E-state index in [-0.39, 0.29) is 11.6 Å². The van der Waals surface area contributed by atoms with E-state index in [1.807, 2.05) is 0 Å². The summed E-state index contributed by atoms with van der Waals surface area (Å²) in [6.07, 6.45) is 2.35. The van der Waals surface area contributed by atoms with Gasteiger partial charge in [-0.3, -0.25) is 0 Å². The van der Waals surface area contributed by atoms with Gasteiger partial charge in [0.25, 0.3) is 0 Å². The lowest BCUT2D eigenvalue weighted by Gasteiger charge is -2.35. The molecule has 1 aromatic rings. The van der Waals surface area contributed by atoms with Crippen LogP contribution >= 0.6 is 0 Å². The van der Waals surface area contributed by atoms with Crippen molar-refractivity contribution in [1.82, 2.24) is 4.90 Å². The molecule has 4 nitrogen and oxygen atoms in total. The molecule has 2 unspecified atom stereocenters. The van der Waals surface area contributed by atoms with Crippen molar-refractivity contribution in [3.63, 3.8) is 0 Å². The highest BCUT2D eigenvalue weighted by Gasteiger charge is 2.24. The Kier molecular flexibility index (Phi) is 5.17. The Labute approximate surface area is 125 Å². The molecular weight excluding hydrogens is 271 g/mol. The van der Waals surface area contributed by atoms with Crippen LogP contribution in [-0.2, 0) is 0 Å². The highest BCUT2D eigenvalue weighted by molar-refractivity contribution is 5.89. The number of carboxylic acids is 1. The minimum atomic E-state index is -1.24. The van der Waals surface area contributed by atoms with Crippen LogP contribution in [0.2, 0.25) is 0 Å². The molecule has 2 N–H and O–H groups in total. The SMILES string of the molecule is CCN1CCCC(C(C)Nc2ccc(F)c(C(=O)O)c2)C1. The summed E-state index contributed by atoms with van der Waals surface area (Å²) < 4.78 is 13.4. The fourth-order valence-electron chi connectivity index (χ4n) is 2.95. The van der Waals surface area contributed by atoms with E-state index >= 15 is 0 Å². The second-order valence-electron chi connectivity index (χ2n) is 5.73. The van der Waals surface area contributed by atoms with Crippen molar-refractivity contribution in [3.05, 3.63) is 29.6 Å². The first-order valence-corrected chi connectivity index (χ1v) is 7.53. The molecule has 0 bridgehead atoms. The Bertz CT molecular complexity index is 507. The van der Waals surface area contributed by atoms with Crippen molar-refractivity contribution in [1.29, 1.82) is 0 Å². The predicted octanol–water partition coefficient (Wildman–Crippen LogP) is 3.06. The quantitative estimate of drug-likeness (QED) is 0.876. The van der Waals surface area contributed by atoms with Crippen LogP contribution in [0.25, 0.3) is 0 Å². The maximum atomic E-state index is 13.4. The lowest BCUT2D eigenvalue weighted by molar-refractivity contribution is 0.0692. The average molecular weight is 294 g/mol. The zero-order valence-corrected chi connectivity index (χ0v) is 12.6. The summed E-state index contributed by atoms with van der Waals surface area (Å²) in [6, 6.07) is 4.40. The van der Waals surface area contributed by atoms with E-state index in [0.717, 1.165) is 26.1 Å². The highest BCUT2D eigenvalue weighted by atomic mass is 19.1. The summed E-state index contributed by atoms with van der Waals surface area (Å²) in [5, 5.41) is 12.3. The molecule has 1 heterocycles. The number of hydrogen-bond donors (Lipinski definition) is 2. The third-order valence-corrected chi connectivity index (χ3v) is 4.29. The van der Waals surface area contributed by atoms with E-state index < -0.39 is 11.8 Å². The molecule has 2 atom stereocenters. The number of rotatable bonds is 5. The van der Waals surface area contributed by atoms with Crippen molar-refractivity contribution in [3.8, 4) is 0 Å². The second-order valence-corrected chi connectivity index (χ2v) is 5.73. The first-order valence-electron chi connectivity index (χ1n) is 7.53. The summed E-state index contributed by atoms with van der Waals surface area (Å²) in [4.78, 5) is 13.4. The number of likely N-dealkylation sites (tertiary alicyclic amines) is 1. The Morgan fingerprint density at radius 3 is 3.00 bits per heavy atom. The van der Waals surface area contributed by atoms with E-state index in [1.165, 1.54) is 18.6 Å². The van der Waals surface area contributed by atoms with Crippen molar-refractivity contribution >= 4 is 11.7 Å². The van der Waals surface area contributed by atoms with Gasteiger partial charge in [-0.05, 0) is 57.0 Å². The number of piperidine rings is 1. The molecule has 1 saturated heterocycles. The molecule has 1 aliphatic heterocycles. The van der Waals surface area contributed by atoms with Crippen molar-refractivity contribution in [2.45, 2.75) is 32.7 Å². The first kappa shape index (κ1) is 15.8. The number of carbonyl (C=O) groups is 1. The number of anilines is 1. The number of halogens is 1. The highest BCUT2D eigenvalue weighted by Crippen LogP contribution is 2.23. The van der Waals surface area contributed by atoms with Crippen molar-refractivity contribution < 1.29 is 14.3 Å². The topological polar surface area (TPSA) is 52.6 Å². The molecule has 0 radical (unpaired) electrons. The molecule has 5 heteroatoms. The largest absolute Gasteiger partial charge is 0.478 e. The number of hydrogen-bond acceptors (Lipinski definition) is 3. The monoisotopic (exact) mass is 294 g/mol. The van der Waals surface area contributed by atoms with Gasteiger partial charge in [-0.2, -0.15) is 0 Å². The summed E-state index contributed by atoms with van der Waals surface area (Å²) in [5.74, 6) is -1.41. The third-order valence-electron chi connectivity index (χ3n) is 4.29. The Hall–Kier alpha value is -1.62. The van der Waals surface area contributed by atoms with E-state index in [0.29, 0.717) is 11.6 Å². The number of aromatic carboxylic acids is 1. The molecule has 1 aliphatic rings. The van der Waals surface area contributed by atoms with Gasteiger partial charge in [0.05, 0.1) is 5.56 Å². The van der Waals surface area contributed by atoms with Gasteiger partial charge in [0, 0.05) is 18.3 Å². The maximum absolute atomic E-state index is 13.4. The zero-order valence-electron chi connectivity index (χ0n) is 12.6. The van der Waals surface area contributed by atoms with E-state index in [1.54, 1.807) is 6.07 Å². The summed E-state index contributed by atoms with van der Waals surface area (Å²) in [6.45, 7) is 7.53. The first-order chi connectivity index (χ1) is 10.0. The molecule has 2 rings (SSSR count). The number of nitrogens with one attached hydrogen (secondary N) is 1. The Balaban J connectivity index is 2.03. The van der Waals surface area contributed by atoms with Gasteiger partial charge in [0.2, 0.25) is 0 Å². The van der Waals surface area contributed by atoms with E-state index in [2.05, 4.69) is 24.1 Å². The van der Waals surface area contributed by atoms with Crippen molar-refractivity contribution in [2.24, 2.45) is 5.92 Å². The van der Waals surface area contributed by atoms with Gasteiger partial charge < -0.3 is 15.3 Å². The van der Waals surface area contributed by atoms with Gasteiger partial charge in [-0.1, -0.05) is 6.92 Å². The van der Waals surface area contributed by atoms with Gasteiger partial charge in [-0.15, -0.1) is 0 Å². The van der Waals surface area contributed by atoms with Gasteiger partial charge in [0.15, 0.2) is 0 Å². The van der Waals surface area contributed by atoms with Crippen molar-refractivity contribution in [2.75, 3.05) is 25.0 Å². The fraction of sp³-hybridized carbons (Fsp3) is 0.562. The fourth-order valence-corrected chi connectivity index (χ4v) is 2.95. The molecular formula is C16H23FN2O2. The molecule has 0 amide bonds. The molecule has 0 spiro atoms. The number of carboxylic acid groups (broad SMARTS) is 1. The van der Waals surface area contributed by atoms with Crippen LogP contribution in [-0.4, -0.2) is 41.7 Å². The normalized spacial score (nSPS) is 21.0. The standard InChI is InChI=1S/C16H23FN2O2/c1-3-19-8-4-5-12(10-19)11(2)18-13-6-7-15(17)14(9-13)16(20)21/h6-7,9,11-12,18H,3-5,8,10H2,1-2H3,(H,20,21). The number of nitrogens with zero attached hydrogens (tertiary/aromatic N) is 1. The van der Waals surface area contributed by atoms with Gasteiger partial charge >= 0.3 is 5.97 Å². The smallest absolute Gasteiger partial charge is 0.338 e. The summed E-state index contributed by atoms with van der Waals surface area (Å²) in [7, 11) is 0. The lowest BCUT2D eigenvalue weighted by atomic mass is 9.91. The van der Waals surface area contributed by atoms with E-state index in [4.69, 9.17) is 5.11 Å². The second kappa shape index (κ2) is 6.89. The Morgan fingerprint density at radius 2 is 2.33 bits per heavy atom. The number of benzene rings is 1. The molecule has 1 fully saturated rings. The van der Waals surface area contributed by atoms with Crippen LogP contribution in [0.3, 0.4) is 0 Å². The molecule has 1 aromatic carbocycles. The summed E-state index contributed by atoms with van der Waals surface area (Å²) in [5.41, 5.74) is 0.376. The van der Waals surface area contributed by atoms with Crippen LogP contribution in [0, 0.1) is 11.7 Å². The summed E-state index contributed by atoms with van der Waals surface area (Å²) >= 11 is 0. The minimum absolute atomic E-state index is 0.228. The maximum Gasteiger partial charge on any atom is 0.338 e. The molecule has 116 valence electrons. The molecule has 0 aliphatic carbocycles. The minimum Gasteiger partial charge on any atom is -0.478 e. The molecule has 0 saturated carbocycles. The van der Waals surface area contributed by atoms with Crippen LogP contribution in [0.1, 0.15) is 37.0 Å². The van der Waals surface area contributed by atoms with Gasteiger partial charge in [0.1, 0.15) is 5.82 Å². The van der Waals surface area contributed by atoms with Crippen LogP contribution in [0.15, 0.2) is 18.2 Å². The predicted molar refractivity (Wildman–Crippen MR) is 81.3 cm³/mol. The lowest BCUT2D eigenvalue weighted by Crippen LogP contribution is -2.41. The zero-order chi connectivity index (χ0) is 15.4. The molecule has 0 aromatic heterocycles. The van der Waals surface area contributed by atoms with Crippen LogP contribution < -0.4 is 5.32 Å². The van der Waals surface area contributed by atoms with Gasteiger partial charge in [-0.25, -0.2) is 9.18 Å². The van der Waals surface area contributed by atoms with Crippen LogP contribution in [0.4, 0.5) is 10.1 Å². The molecule has 21 heavy (non-hydrogen) atoms. The van der Waals surface area contributed by atoms with Crippen LogP contribution in [0.5, 0.6) is 0 Å². The average Bonchev–Trinajstić information content (AvgIpc) is 2.49. The third kappa shape index (κ3) is 3.94. The Morgan fingerprint density at radius 1 is 1.57 bits per heavy atom.